The van der Waals surface area contributed by atoms with Crippen LogP contribution in [0.3, 0.4) is 0 Å². The van der Waals surface area contributed by atoms with Crippen molar-refractivity contribution in [3.8, 4) is 0 Å². The minimum absolute atomic E-state index is 0.0572. The molecule has 2 atom stereocenters. The van der Waals surface area contributed by atoms with Crippen molar-refractivity contribution in [3.05, 3.63) is 63.5 Å². The van der Waals surface area contributed by atoms with E-state index in [0.29, 0.717) is 12.0 Å². The fourth-order valence-corrected chi connectivity index (χ4v) is 5.18. The molecule has 4 rings (SSSR count). The lowest BCUT2D eigenvalue weighted by atomic mass is 9.71. The van der Waals surface area contributed by atoms with E-state index in [1.165, 1.54) is 12.1 Å². The van der Waals surface area contributed by atoms with Gasteiger partial charge in [-0.15, -0.1) is 0 Å². The molecule has 1 aromatic heterocycles. The average Bonchev–Trinajstić information content (AvgIpc) is 2.97. The Morgan fingerprint density at radius 1 is 1.06 bits per heavy atom. The molecule has 188 valence electrons. The smallest absolute Gasteiger partial charge is 0.388 e. The standard InChI is InChI=1S/C25H30F3NO2.C2H6S/c1-13(2)21-19-20(18-16(29-21)11-23(3,4)12-17(18)30)24(5,6)31-22(19)14-7-9-15(10-8-14)25(26,27)28;1-3-2/h7-10,13,17,22,30H,11-12H2,1-6H3;1-2H3. The summed E-state index contributed by atoms with van der Waals surface area (Å²) in [5, 5.41) is 11.1. The number of benzene rings is 1. The van der Waals surface area contributed by atoms with Gasteiger partial charge in [-0.1, -0.05) is 39.8 Å². The third-order valence-electron chi connectivity index (χ3n) is 6.47. The van der Waals surface area contributed by atoms with Crippen molar-refractivity contribution in [3.63, 3.8) is 0 Å². The fourth-order valence-electron chi connectivity index (χ4n) is 5.18. The zero-order valence-corrected chi connectivity index (χ0v) is 22.1. The maximum Gasteiger partial charge on any atom is 0.416 e. The number of alkyl halides is 3. The van der Waals surface area contributed by atoms with Crippen LogP contribution in [0.5, 0.6) is 0 Å². The molecule has 3 nitrogen and oxygen atoms in total. The van der Waals surface area contributed by atoms with Crippen molar-refractivity contribution in [2.45, 2.75) is 84.3 Å². The summed E-state index contributed by atoms with van der Waals surface area (Å²) < 4.78 is 45.6. The number of aliphatic hydroxyl groups excluding tert-OH is 1. The number of thioether (sulfide) groups is 1. The second-order valence-corrected chi connectivity index (χ2v) is 11.7. The maximum absolute atomic E-state index is 13.1. The summed E-state index contributed by atoms with van der Waals surface area (Å²) in [7, 11) is 0. The third-order valence-corrected chi connectivity index (χ3v) is 6.47. The van der Waals surface area contributed by atoms with Crippen LogP contribution < -0.4 is 0 Å². The van der Waals surface area contributed by atoms with E-state index in [-0.39, 0.29) is 11.3 Å². The van der Waals surface area contributed by atoms with Crippen LogP contribution in [0.25, 0.3) is 0 Å². The van der Waals surface area contributed by atoms with Crippen LogP contribution in [0.15, 0.2) is 24.3 Å². The summed E-state index contributed by atoms with van der Waals surface area (Å²) in [6.07, 6.45) is -0.0590. The quantitative estimate of drug-likeness (QED) is 0.467. The molecule has 0 amide bonds. The van der Waals surface area contributed by atoms with Gasteiger partial charge in [-0.3, -0.25) is 4.98 Å². The molecule has 0 fully saturated rings. The molecule has 2 heterocycles. The lowest BCUT2D eigenvalue weighted by molar-refractivity contribution is -0.137. The van der Waals surface area contributed by atoms with Crippen molar-refractivity contribution >= 4 is 11.8 Å². The Morgan fingerprint density at radius 2 is 1.62 bits per heavy atom. The second-order valence-electron chi connectivity index (χ2n) is 10.9. The summed E-state index contributed by atoms with van der Waals surface area (Å²) in [5.74, 6) is 0.107. The molecule has 1 N–H and O–H groups in total. The van der Waals surface area contributed by atoms with Crippen LogP contribution in [-0.4, -0.2) is 22.6 Å². The summed E-state index contributed by atoms with van der Waals surface area (Å²) in [6, 6.07) is 5.17. The van der Waals surface area contributed by atoms with Gasteiger partial charge in [0.1, 0.15) is 6.10 Å². The molecule has 0 radical (unpaired) electrons. The fraction of sp³-hybridized carbons (Fsp3) is 0.593. The van der Waals surface area contributed by atoms with Crippen LogP contribution in [0.4, 0.5) is 13.2 Å². The van der Waals surface area contributed by atoms with Crippen molar-refractivity contribution in [2.24, 2.45) is 5.41 Å². The van der Waals surface area contributed by atoms with E-state index in [0.717, 1.165) is 46.6 Å². The number of fused-ring (bicyclic) bond motifs is 3. The third kappa shape index (κ3) is 5.17. The zero-order chi connectivity index (χ0) is 25.6. The van der Waals surface area contributed by atoms with Gasteiger partial charge in [-0.2, -0.15) is 24.9 Å². The molecular weight excluding hydrogens is 459 g/mol. The summed E-state index contributed by atoms with van der Waals surface area (Å²) in [5.41, 5.74) is 3.74. The summed E-state index contributed by atoms with van der Waals surface area (Å²) >= 11 is 1.75. The molecule has 0 spiro atoms. The highest BCUT2D eigenvalue weighted by molar-refractivity contribution is 7.97. The highest BCUT2D eigenvalue weighted by atomic mass is 32.2. The van der Waals surface area contributed by atoms with E-state index in [4.69, 9.17) is 9.72 Å². The molecule has 0 bridgehead atoms. The average molecular weight is 496 g/mol. The molecule has 1 aliphatic heterocycles. The number of halogens is 3. The van der Waals surface area contributed by atoms with Gasteiger partial charge in [-0.25, -0.2) is 0 Å². The monoisotopic (exact) mass is 495 g/mol. The van der Waals surface area contributed by atoms with E-state index in [9.17, 15) is 18.3 Å². The molecule has 7 heteroatoms. The highest BCUT2D eigenvalue weighted by Crippen LogP contribution is 2.54. The van der Waals surface area contributed by atoms with Gasteiger partial charge in [0.2, 0.25) is 0 Å². The minimum Gasteiger partial charge on any atom is -0.388 e. The lowest BCUT2D eigenvalue weighted by Gasteiger charge is -2.37. The van der Waals surface area contributed by atoms with Crippen LogP contribution in [-0.2, 0) is 22.9 Å². The second kappa shape index (κ2) is 9.47. The Bertz CT molecular complexity index is 1030. The minimum atomic E-state index is -4.38. The van der Waals surface area contributed by atoms with Gasteiger partial charge in [0, 0.05) is 22.5 Å². The molecule has 0 saturated heterocycles. The Kier molecular flexibility index (Phi) is 7.53. The van der Waals surface area contributed by atoms with Crippen molar-refractivity contribution in [1.82, 2.24) is 4.98 Å². The number of aromatic nitrogens is 1. The first-order valence-corrected chi connectivity index (χ1v) is 13.3. The molecule has 34 heavy (non-hydrogen) atoms. The van der Waals surface area contributed by atoms with Gasteiger partial charge >= 0.3 is 6.18 Å². The first-order chi connectivity index (χ1) is 15.6. The Balaban J connectivity index is 0.00000103. The normalized spacial score (nSPS) is 22.6. The van der Waals surface area contributed by atoms with E-state index in [1.807, 2.05) is 26.4 Å². The van der Waals surface area contributed by atoms with Crippen molar-refractivity contribution < 1.29 is 23.0 Å². The molecular formula is C27H36F3NO2S. The molecule has 1 aromatic carbocycles. The number of pyridine rings is 1. The molecule has 2 aromatic rings. The van der Waals surface area contributed by atoms with Gasteiger partial charge in [0.25, 0.3) is 0 Å². The molecule has 2 unspecified atom stereocenters. The van der Waals surface area contributed by atoms with Crippen LogP contribution >= 0.6 is 11.8 Å². The summed E-state index contributed by atoms with van der Waals surface area (Å²) in [6.45, 7) is 12.3. The first-order valence-electron chi connectivity index (χ1n) is 11.6. The first kappa shape index (κ1) is 27.0. The highest BCUT2D eigenvalue weighted by Gasteiger charge is 2.47. The Labute approximate surface area is 205 Å². The van der Waals surface area contributed by atoms with Crippen LogP contribution in [0.1, 0.15) is 105 Å². The predicted molar refractivity (Wildman–Crippen MR) is 132 cm³/mol. The number of ether oxygens (including phenoxy) is 1. The van der Waals surface area contributed by atoms with Crippen LogP contribution in [0.2, 0.25) is 0 Å². The number of rotatable bonds is 2. The number of hydrogen-bond donors (Lipinski definition) is 1. The number of hydrogen-bond acceptors (Lipinski definition) is 4. The van der Waals surface area contributed by atoms with E-state index < -0.39 is 29.5 Å². The van der Waals surface area contributed by atoms with Crippen LogP contribution in [0, 0.1) is 5.41 Å². The Hall–Kier alpha value is -1.57. The van der Waals surface area contributed by atoms with E-state index >= 15 is 0 Å². The lowest BCUT2D eigenvalue weighted by Crippen LogP contribution is -2.30. The van der Waals surface area contributed by atoms with E-state index in [1.54, 1.807) is 11.8 Å². The molecule has 0 saturated carbocycles. The van der Waals surface area contributed by atoms with E-state index in [2.05, 4.69) is 27.7 Å². The van der Waals surface area contributed by atoms with Gasteiger partial charge in [0.15, 0.2) is 0 Å². The maximum atomic E-state index is 13.1. The Morgan fingerprint density at radius 3 is 2.12 bits per heavy atom. The predicted octanol–water partition coefficient (Wildman–Crippen LogP) is 7.56. The summed E-state index contributed by atoms with van der Waals surface area (Å²) in [4.78, 5) is 5.01. The number of aliphatic hydroxyl groups is 1. The number of nitrogens with zero attached hydrogens (tertiary/aromatic N) is 1. The van der Waals surface area contributed by atoms with Gasteiger partial charge < -0.3 is 9.84 Å². The molecule has 2 aliphatic rings. The van der Waals surface area contributed by atoms with Crippen molar-refractivity contribution in [2.75, 3.05) is 12.5 Å². The van der Waals surface area contributed by atoms with Crippen molar-refractivity contribution in [1.29, 1.82) is 0 Å². The topological polar surface area (TPSA) is 42.4 Å². The SMILES string of the molecule is CC(C)c1nc2c(c3c1C(c1ccc(C(F)(F)F)cc1)OC3(C)C)C(O)CC(C)(C)C2.CSC. The zero-order valence-electron chi connectivity index (χ0n) is 21.3. The van der Waals surface area contributed by atoms with Gasteiger partial charge in [0.05, 0.1) is 17.3 Å². The van der Waals surface area contributed by atoms with Gasteiger partial charge in [-0.05, 0) is 73.8 Å². The largest absolute Gasteiger partial charge is 0.416 e. The molecule has 1 aliphatic carbocycles.